The van der Waals surface area contributed by atoms with E-state index in [0.29, 0.717) is 22.9 Å². The number of hydrogen-bond donors (Lipinski definition) is 1. The maximum Gasteiger partial charge on any atom is 0.171 e. The summed E-state index contributed by atoms with van der Waals surface area (Å²) in [5.41, 5.74) is 2.46. The van der Waals surface area contributed by atoms with Crippen molar-refractivity contribution in [2.75, 3.05) is 19.7 Å². The Hall–Kier alpha value is -1.06. The van der Waals surface area contributed by atoms with Crippen LogP contribution in [0.4, 0.5) is 0 Å². The van der Waals surface area contributed by atoms with Crippen molar-refractivity contribution in [2.24, 2.45) is 5.92 Å². The lowest BCUT2D eigenvalue weighted by Crippen LogP contribution is -2.35. The number of piperidine rings is 1. The molecule has 1 aliphatic heterocycles. The van der Waals surface area contributed by atoms with Crippen molar-refractivity contribution >= 4 is 17.4 Å². The Morgan fingerprint density at radius 2 is 2.24 bits per heavy atom. The molecule has 0 aromatic heterocycles. The second kappa shape index (κ2) is 7.28. The number of aryl methyl sites for hydroxylation is 1. The smallest absolute Gasteiger partial charge is 0.171 e. The third-order valence-corrected chi connectivity index (χ3v) is 4.42. The van der Waals surface area contributed by atoms with Gasteiger partial charge in [-0.2, -0.15) is 0 Å². The summed E-state index contributed by atoms with van der Waals surface area (Å²) in [6, 6.07) is 1.89. The highest BCUT2D eigenvalue weighted by atomic mass is 35.5. The number of ether oxygens (including phenoxy) is 1. The molecule has 1 aromatic rings. The zero-order chi connectivity index (χ0) is 15.4. The van der Waals surface area contributed by atoms with Crippen LogP contribution in [0, 0.1) is 19.8 Å². The lowest BCUT2D eigenvalue weighted by Gasteiger charge is -2.24. The van der Waals surface area contributed by atoms with Crippen molar-refractivity contribution in [3.8, 4) is 5.75 Å². The lowest BCUT2D eigenvalue weighted by atomic mass is 9.87. The van der Waals surface area contributed by atoms with Gasteiger partial charge in [-0.25, -0.2) is 0 Å². The fourth-order valence-corrected chi connectivity index (χ4v) is 3.08. The molecule has 1 N–H and O–H groups in total. The maximum absolute atomic E-state index is 12.9. The molecular formula is C17H24ClNO2. The van der Waals surface area contributed by atoms with Gasteiger partial charge >= 0.3 is 0 Å². The summed E-state index contributed by atoms with van der Waals surface area (Å²) in [6.45, 7) is 8.28. The van der Waals surface area contributed by atoms with Crippen LogP contribution in [0.2, 0.25) is 5.02 Å². The Morgan fingerprint density at radius 1 is 1.48 bits per heavy atom. The largest absolute Gasteiger partial charge is 0.493 e. The van der Waals surface area contributed by atoms with Gasteiger partial charge in [0, 0.05) is 17.5 Å². The van der Waals surface area contributed by atoms with Crippen LogP contribution in [0.5, 0.6) is 5.75 Å². The van der Waals surface area contributed by atoms with Crippen LogP contribution in [0.15, 0.2) is 6.07 Å². The van der Waals surface area contributed by atoms with E-state index in [1.807, 2.05) is 19.9 Å². The summed E-state index contributed by atoms with van der Waals surface area (Å²) in [5.74, 6) is 0.907. The molecule has 1 heterocycles. The monoisotopic (exact) mass is 309 g/mol. The molecule has 0 spiro atoms. The van der Waals surface area contributed by atoms with Crippen molar-refractivity contribution in [3.05, 3.63) is 27.8 Å². The summed E-state index contributed by atoms with van der Waals surface area (Å²) in [4.78, 5) is 12.9. The van der Waals surface area contributed by atoms with E-state index in [4.69, 9.17) is 16.3 Å². The second-order valence-electron chi connectivity index (χ2n) is 5.76. The molecule has 0 saturated carbocycles. The summed E-state index contributed by atoms with van der Waals surface area (Å²) < 4.78 is 5.86. The van der Waals surface area contributed by atoms with Crippen molar-refractivity contribution in [1.29, 1.82) is 0 Å². The molecule has 1 aliphatic rings. The first-order valence-corrected chi connectivity index (χ1v) is 8.11. The average molecular weight is 310 g/mol. The number of ketones is 1. The zero-order valence-electron chi connectivity index (χ0n) is 13.1. The molecular weight excluding hydrogens is 286 g/mol. The average Bonchev–Trinajstić information content (AvgIpc) is 2.49. The third-order valence-electron chi connectivity index (χ3n) is 4.03. The minimum Gasteiger partial charge on any atom is -0.493 e. The standard InChI is InChI=1S/C17H24ClNO2/c1-4-8-21-17-11(2)9-14(18)12(3)15(17)16(20)13-6-5-7-19-10-13/h9,13,19H,4-8,10H2,1-3H3. The van der Waals surface area contributed by atoms with Gasteiger partial charge in [0.2, 0.25) is 0 Å². The van der Waals surface area contributed by atoms with Gasteiger partial charge in [0.25, 0.3) is 0 Å². The van der Waals surface area contributed by atoms with Gasteiger partial charge in [-0.1, -0.05) is 18.5 Å². The number of nitrogens with one attached hydrogen (secondary N) is 1. The van der Waals surface area contributed by atoms with Crippen molar-refractivity contribution < 1.29 is 9.53 Å². The van der Waals surface area contributed by atoms with Gasteiger partial charge < -0.3 is 10.1 Å². The van der Waals surface area contributed by atoms with Gasteiger partial charge in [0.15, 0.2) is 5.78 Å². The van der Waals surface area contributed by atoms with E-state index < -0.39 is 0 Å². The highest BCUT2D eigenvalue weighted by Gasteiger charge is 2.28. The van der Waals surface area contributed by atoms with Crippen LogP contribution < -0.4 is 10.1 Å². The predicted octanol–water partition coefficient (Wildman–Crippen LogP) is 3.93. The number of carbonyl (C=O) groups is 1. The summed E-state index contributed by atoms with van der Waals surface area (Å²) in [6.07, 6.45) is 2.89. The molecule has 0 radical (unpaired) electrons. The lowest BCUT2D eigenvalue weighted by molar-refractivity contribution is 0.0894. The Morgan fingerprint density at radius 3 is 2.86 bits per heavy atom. The van der Waals surface area contributed by atoms with Crippen molar-refractivity contribution in [2.45, 2.75) is 40.0 Å². The van der Waals surface area contributed by atoms with E-state index in [1.54, 1.807) is 0 Å². The Kier molecular flexibility index (Phi) is 5.65. The summed E-state index contributed by atoms with van der Waals surface area (Å²) >= 11 is 6.28. The first-order valence-electron chi connectivity index (χ1n) is 7.73. The number of benzene rings is 1. The fraction of sp³-hybridized carbons (Fsp3) is 0.588. The van der Waals surface area contributed by atoms with Crippen LogP contribution in [0.25, 0.3) is 0 Å². The first-order chi connectivity index (χ1) is 10.1. The molecule has 1 fully saturated rings. The van der Waals surface area contributed by atoms with E-state index in [0.717, 1.165) is 43.5 Å². The van der Waals surface area contributed by atoms with Gasteiger partial charge in [-0.05, 0) is 56.8 Å². The molecule has 4 heteroatoms. The number of rotatable bonds is 5. The van der Waals surface area contributed by atoms with Gasteiger partial charge in [-0.15, -0.1) is 0 Å². The van der Waals surface area contributed by atoms with E-state index in [2.05, 4.69) is 12.2 Å². The van der Waals surface area contributed by atoms with Crippen molar-refractivity contribution in [3.63, 3.8) is 0 Å². The molecule has 0 bridgehead atoms. The van der Waals surface area contributed by atoms with Crippen LogP contribution >= 0.6 is 11.6 Å². The molecule has 0 amide bonds. The Balaban J connectivity index is 2.41. The van der Waals surface area contributed by atoms with Crippen LogP contribution in [0.1, 0.15) is 47.7 Å². The molecule has 21 heavy (non-hydrogen) atoms. The molecule has 1 saturated heterocycles. The van der Waals surface area contributed by atoms with E-state index in [-0.39, 0.29) is 11.7 Å². The van der Waals surface area contributed by atoms with Gasteiger partial charge in [-0.3, -0.25) is 4.79 Å². The van der Waals surface area contributed by atoms with Crippen molar-refractivity contribution in [1.82, 2.24) is 5.32 Å². The molecule has 1 aromatic carbocycles. The first kappa shape index (κ1) is 16.3. The molecule has 116 valence electrons. The highest BCUT2D eigenvalue weighted by molar-refractivity contribution is 6.32. The minimum atomic E-state index is 0.0271. The molecule has 2 rings (SSSR count). The quantitative estimate of drug-likeness (QED) is 0.838. The maximum atomic E-state index is 12.9. The molecule has 3 nitrogen and oxygen atoms in total. The number of halogens is 1. The molecule has 0 aliphatic carbocycles. The third kappa shape index (κ3) is 3.58. The minimum absolute atomic E-state index is 0.0271. The number of hydrogen-bond acceptors (Lipinski definition) is 3. The summed E-state index contributed by atoms with van der Waals surface area (Å²) in [5, 5.41) is 3.94. The highest BCUT2D eigenvalue weighted by Crippen LogP contribution is 2.35. The van der Waals surface area contributed by atoms with Crippen LogP contribution in [-0.2, 0) is 0 Å². The van der Waals surface area contributed by atoms with Crippen LogP contribution in [-0.4, -0.2) is 25.5 Å². The SMILES string of the molecule is CCCOc1c(C)cc(Cl)c(C)c1C(=O)C1CCCNC1. The summed E-state index contributed by atoms with van der Waals surface area (Å²) in [7, 11) is 0. The van der Waals surface area contributed by atoms with E-state index >= 15 is 0 Å². The van der Waals surface area contributed by atoms with Gasteiger partial charge in [0.1, 0.15) is 5.75 Å². The number of Topliss-reactive ketones (excluding diaryl/α,β-unsaturated/α-hetero) is 1. The number of carbonyl (C=O) groups excluding carboxylic acids is 1. The molecule has 1 atom stereocenters. The normalized spacial score (nSPS) is 18.6. The second-order valence-corrected chi connectivity index (χ2v) is 6.17. The fourth-order valence-electron chi connectivity index (χ4n) is 2.82. The topological polar surface area (TPSA) is 38.3 Å². The Bertz CT molecular complexity index is 522. The van der Waals surface area contributed by atoms with Crippen LogP contribution in [0.3, 0.4) is 0 Å². The molecule has 1 unspecified atom stereocenters. The Labute approximate surface area is 132 Å². The van der Waals surface area contributed by atoms with E-state index in [1.165, 1.54) is 0 Å². The zero-order valence-corrected chi connectivity index (χ0v) is 13.8. The van der Waals surface area contributed by atoms with E-state index in [9.17, 15) is 4.79 Å². The van der Waals surface area contributed by atoms with Gasteiger partial charge in [0.05, 0.1) is 12.2 Å². The predicted molar refractivity (Wildman–Crippen MR) is 86.6 cm³/mol.